The second-order valence-corrected chi connectivity index (χ2v) is 14.1. The third kappa shape index (κ3) is 3.09. The number of aliphatic hydroxyl groups is 1. The minimum atomic E-state index is -0.876. The lowest BCUT2D eigenvalue weighted by Crippen LogP contribution is -2.71. The molecule has 0 aromatic rings. The zero-order chi connectivity index (χ0) is 22.2. The van der Waals surface area contributed by atoms with Gasteiger partial charge in [-0.05, 0) is 91.8 Å². The van der Waals surface area contributed by atoms with Crippen molar-refractivity contribution in [1.29, 1.82) is 0 Å². The molecule has 0 aromatic carbocycles. The number of ether oxygens (including phenoxy) is 1. The van der Waals surface area contributed by atoms with Crippen molar-refractivity contribution in [3.8, 4) is 0 Å². The quantitative estimate of drug-likeness (QED) is 0.491. The third-order valence-electron chi connectivity index (χ3n) is 12.2. The molecule has 2 heteroatoms. The average Bonchev–Trinajstić information content (AvgIpc) is 3.06. The van der Waals surface area contributed by atoms with Crippen LogP contribution in [0.4, 0.5) is 0 Å². The SMILES string of the molecule is CC(C)CCC[C@@H](C)[C@H]1CC[C@H]2[C@@H]3CC[C@H]4C(C)(C)[C@]5(O)CC[C@]4(CO5)[C@H]3CC[C@]12C. The summed E-state index contributed by atoms with van der Waals surface area (Å²) in [5.41, 5.74) is 0.819. The van der Waals surface area contributed by atoms with Gasteiger partial charge in [0.1, 0.15) is 0 Å². The summed E-state index contributed by atoms with van der Waals surface area (Å²) in [6, 6.07) is 0. The Morgan fingerprint density at radius 2 is 1.65 bits per heavy atom. The first-order valence-corrected chi connectivity index (χ1v) is 13.9. The van der Waals surface area contributed by atoms with Gasteiger partial charge < -0.3 is 9.84 Å². The molecule has 2 heterocycles. The minimum absolute atomic E-state index is 0.0988. The minimum Gasteiger partial charge on any atom is -0.365 e. The average molecular weight is 431 g/mol. The van der Waals surface area contributed by atoms with Gasteiger partial charge in [-0.2, -0.15) is 0 Å². The summed E-state index contributed by atoms with van der Waals surface area (Å²) in [5.74, 6) is 5.13. The lowest BCUT2D eigenvalue weighted by Gasteiger charge is -2.71. The van der Waals surface area contributed by atoms with Gasteiger partial charge in [0.15, 0.2) is 5.79 Å². The zero-order valence-electron chi connectivity index (χ0n) is 21.4. The predicted molar refractivity (Wildman–Crippen MR) is 127 cm³/mol. The molecular formula is C29H50O2. The van der Waals surface area contributed by atoms with Crippen molar-refractivity contribution < 1.29 is 9.84 Å². The third-order valence-corrected chi connectivity index (χ3v) is 12.2. The summed E-state index contributed by atoms with van der Waals surface area (Å²) in [5, 5.41) is 11.2. The van der Waals surface area contributed by atoms with E-state index in [1.54, 1.807) is 0 Å². The first kappa shape index (κ1) is 22.7. The second kappa shape index (κ2) is 7.46. The molecule has 2 nitrogen and oxygen atoms in total. The first-order valence-electron chi connectivity index (χ1n) is 13.9. The zero-order valence-corrected chi connectivity index (χ0v) is 21.4. The van der Waals surface area contributed by atoms with Gasteiger partial charge in [-0.25, -0.2) is 0 Å². The van der Waals surface area contributed by atoms with Gasteiger partial charge in [0.2, 0.25) is 0 Å². The van der Waals surface area contributed by atoms with Gasteiger partial charge >= 0.3 is 0 Å². The van der Waals surface area contributed by atoms with Crippen molar-refractivity contribution in [1.82, 2.24) is 0 Å². The van der Waals surface area contributed by atoms with Gasteiger partial charge in [0.25, 0.3) is 0 Å². The fourth-order valence-corrected chi connectivity index (χ4v) is 10.6. The Morgan fingerprint density at radius 1 is 0.871 bits per heavy atom. The van der Waals surface area contributed by atoms with Crippen molar-refractivity contribution in [2.24, 2.45) is 57.7 Å². The van der Waals surface area contributed by atoms with Crippen molar-refractivity contribution >= 4 is 0 Å². The van der Waals surface area contributed by atoms with Gasteiger partial charge in [0, 0.05) is 17.3 Å². The van der Waals surface area contributed by atoms with E-state index in [4.69, 9.17) is 4.74 Å². The van der Waals surface area contributed by atoms with Crippen LogP contribution in [0.15, 0.2) is 0 Å². The molecule has 6 aliphatic rings. The molecule has 0 amide bonds. The van der Waals surface area contributed by atoms with Gasteiger partial charge in [-0.1, -0.05) is 60.8 Å². The van der Waals surface area contributed by atoms with Gasteiger partial charge in [-0.3, -0.25) is 0 Å². The number of hydrogen-bond acceptors (Lipinski definition) is 2. The Morgan fingerprint density at radius 3 is 2.32 bits per heavy atom. The molecule has 1 N–H and O–H groups in total. The molecule has 2 bridgehead atoms. The predicted octanol–water partition coefficient (Wildman–Crippen LogP) is 7.44. The molecule has 9 atom stereocenters. The molecule has 6 rings (SSSR count). The number of hydrogen-bond donors (Lipinski definition) is 1. The first-order chi connectivity index (χ1) is 14.6. The van der Waals surface area contributed by atoms with Crippen molar-refractivity contribution in [3.05, 3.63) is 0 Å². The van der Waals surface area contributed by atoms with Crippen LogP contribution in [-0.2, 0) is 4.74 Å². The van der Waals surface area contributed by atoms with Crippen molar-refractivity contribution in [2.75, 3.05) is 6.61 Å². The highest BCUT2D eigenvalue weighted by atomic mass is 16.6. The van der Waals surface area contributed by atoms with E-state index in [1.165, 1.54) is 64.2 Å². The highest BCUT2D eigenvalue weighted by Crippen LogP contribution is 2.73. The standard InChI is InChI=1S/C29H50O2/c1-19(2)8-7-9-20(3)22-11-12-23-21-10-13-25-26(4,5)29(30)17-16-28(25,18-31-29)24(21)14-15-27(22,23)6/h19-25,30H,7-18H2,1-6H3/t20-,21+,22-,23+,24+,25+,27-,28+,29+/m1/s1. The maximum absolute atomic E-state index is 11.2. The normalized spacial score (nSPS) is 51.3. The molecule has 0 aromatic heterocycles. The van der Waals surface area contributed by atoms with E-state index >= 15 is 0 Å². The van der Waals surface area contributed by atoms with Crippen LogP contribution in [0.1, 0.15) is 112 Å². The van der Waals surface area contributed by atoms with Crippen LogP contribution in [0.25, 0.3) is 0 Å². The summed E-state index contributed by atoms with van der Waals surface area (Å²) >= 11 is 0. The molecule has 2 saturated heterocycles. The Bertz CT molecular complexity index is 672. The van der Waals surface area contributed by atoms with Crippen molar-refractivity contribution in [3.63, 3.8) is 0 Å². The smallest absolute Gasteiger partial charge is 0.170 e. The Balaban J connectivity index is 1.35. The van der Waals surface area contributed by atoms with Crippen LogP contribution in [0, 0.1) is 57.7 Å². The van der Waals surface area contributed by atoms with Crippen LogP contribution in [0.3, 0.4) is 0 Å². The Hall–Kier alpha value is -0.0800. The van der Waals surface area contributed by atoms with E-state index in [0.29, 0.717) is 16.7 Å². The van der Waals surface area contributed by atoms with Crippen LogP contribution in [-0.4, -0.2) is 17.5 Å². The number of rotatable bonds is 5. The fraction of sp³-hybridized carbons (Fsp3) is 1.00. The Kier molecular flexibility index (Phi) is 5.46. The molecule has 31 heavy (non-hydrogen) atoms. The van der Waals surface area contributed by atoms with E-state index in [1.807, 2.05) is 0 Å². The maximum atomic E-state index is 11.2. The summed E-state index contributed by atoms with van der Waals surface area (Å²) in [7, 11) is 0. The van der Waals surface area contributed by atoms with E-state index in [0.717, 1.165) is 48.5 Å². The van der Waals surface area contributed by atoms with Gasteiger partial charge in [0.05, 0.1) is 6.61 Å². The topological polar surface area (TPSA) is 29.5 Å². The lowest BCUT2D eigenvalue weighted by atomic mass is 9.39. The summed E-state index contributed by atoms with van der Waals surface area (Å²) in [6.07, 6.45) is 14.9. The van der Waals surface area contributed by atoms with Crippen LogP contribution in [0.5, 0.6) is 0 Å². The molecule has 4 saturated carbocycles. The molecule has 4 aliphatic carbocycles. The maximum Gasteiger partial charge on any atom is 0.170 e. The highest BCUT2D eigenvalue weighted by molar-refractivity contribution is 5.17. The largest absolute Gasteiger partial charge is 0.365 e. The monoisotopic (exact) mass is 430 g/mol. The molecule has 2 aliphatic heterocycles. The van der Waals surface area contributed by atoms with Crippen molar-refractivity contribution in [2.45, 2.75) is 118 Å². The molecular weight excluding hydrogens is 380 g/mol. The van der Waals surface area contributed by atoms with Crippen LogP contribution in [0.2, 0.25) is 0 Å². The summed E-state index contributed by atoms with van der Waals surface area (Å²) in [6.45, 7) is 15.5. The summed E-state index contributed by atoms with van der Waals surface area (Å²) < 4.78 is 6.30. The lowest BCUT2D eigenvalue weighted by molar-refractivity contribution is -0.391. The molecule has 6 fully saturated rings. The summed E-state index contributed by atoms with van der Waals surface area (Å²) in [4.78, 5) is 0. The van der Waals surface area contributed by atoms with E-state index in [9.17, 15) is 5.11 Å². The van der Waals surface area contributed by atoms with E-state index in [2.05, 4.69) is 41.5 Å². The van der Waals surface area contributed by atoms with E-state index < -0.39 is 5.79 Å². The second-order valence-electron chi connectivity index (χ2n) is 14.1. The Labute approximate surface area is 192 Å². The van der Waals surface area contributed by atoms with E-state index in [-0.39, 0.29) is 5.41 Å². The molecule has 178 valence electrons. The van der Waals surface area contributed by atoms with Gasteiger partial charge in [-0.15, -0.1) is 0 Å². The molecule has 0 radical (unpaired) electrons. The highest BCUT2D eigenvalue weighted by Gasteiger charge is 2.71. The molecule has 1 spiro atoms. The fourth-order valence-electron chi connectivity index (χ4n) is 10.6. The van der Waals surface area contributed by atoms with Crippen LogP contribution >= 0.6 is 0 Å². The molecule has 0 unspecified atom stereocenters. The number of fused-ring (bicyclic) bond motifs is 5. The van der Waals surface area contributed by atoms with Crippen LogP contribution < -0.4 is 0 Å².